The molecule has 4 rings (SSSR count). The molecule has 0 aliphatic carbocycles. The molecule has 5 heteroatoms. The molecule has 5 nitrogen and oxygen atoms in total. The number of rotatable bonds is 3. The Labute approximate surface area is 151 Å². The van der Waals surface area contributed by atoms with Crippen LogP contribution in [-0.4, -0.2) is 21.6 Å². The van der Waals surface area contributed by atoms with Crippen molar-refractivity contribution in [3.63, 3.8) is 0 Å². The summed E-state index contributed by atoms with van der Waals surface area (Å²) in [5, 5.41) is 0.993. The molecule has 2 aromatic heterocycles. The molecule has 0 aliphatic heterocycles. The summed E-state index contributed by atoms with van der Waals surface area (Å²) in [4.78, 5) is 12.3. The maximum absolute atomic E-state index is 7.32. The largest absolute Gasteiger partial charge is 0.497 e. The first-order valence-corrected chi connectivity index (χ1v) is 8.16. The average molecular weight is 340 g/mol. The number of hydrogen-bond acceptors (Lipinski definition) is 3. The number of hydrogen-bond donors (Lipinski definition) is 0. The third-order valence-corrected chi connectivity index (χ3v) is 4.32. The molecule has 0 saturated carbocycles. The summed E-state index contributed by atoms with van der Waals surface area (Å²) in [5.41, 5.74) is 4.47. The van der Waals surface area contributed by atoms with Gasteiger partial charge in [-0.15, -0.1) is 0 Å². The molecule has 0 fully saturated rings. The monoisotopic (exact) mass is 340 g/mol. The number of fused-ring (bicyclic) bond motifs is 1. The molecule has 0 radical (unpaired) electrons. The molecule has 4 aromatic rings. The quantitative estimate of drug-likeness (QED) is 0.495. The van der Waals surface area contributed by atoms with Gasteiger partial charge in [0.1, 0.15) is 11.6 Å². The van der Waals surface area contributed by atoms with Gasteiger partial charge in [-0.25, -0.2) is 14.8 Å². The summed E-state index contributed by atoms with van der Waals surface area (Å²) >= 11 is 0. The van der Waals surface area contributed by atoms with Crippen molar-refractivity contribution in [2.75, 3.05) is 7.11 Å². The predicted molar refractivity (Wildman–Crippen MR) is 102 cm³/mol. The van der Waals surface area contributed by atoms with Crippen molar-refractivity contribution in [1.29, 1.82) is 0 Å². The van der Waals surface area contributed by atoms with Gasteiger partial charge in [-0.3, -0.25) is 0 Å². The van der Waals surface area contributed by atoms with Gasteiger partial charge in [0, 0.05) is 23.6 Å². The molecular weight excluding hydrogens is 324 g/mol. The highest BCUT2D eigenvalue weighted by Gasteiger charge is 2.13. The lowest BCUT2D eigenvalue weighted by atomic mass is 10.1. The van der Waals surface area contributed by atoms with Crippen LogP contribution in [0, 0.1) is 13.5 Å². The summed E-state index contributed by atoms with van der Waals surface area (Å²) in [6.45, 7) is 9.19. The van der Waals surface area contributed by atoms with Gasteiger partial charge in [-0.1, -0.05) is 6.07 Å². The Bertz CT molecular complexity index is 1140. The summed E-state index contributed by atoms with van der Waals surface area (Å²) in [5.74, 6) is 1.53. The fourth-order valence-corrected chi connectivity index (χ4v) is 3.05. The highest BCUT2D eigenvalue weighted by Crippen LogP contribution is 2.34. The lowest BCUT2D eigenvalue weighted by molar-refractivity contribution is 0.415. The lowest BCUT2D eigenvalue weighted by Crippen LogP contribution is -1.92. The average Bonchev–Trinajstić information content (AvgIpc) is 3.06. The SMILES string of the molecule is [C-]#[N+]c1ccc2c(c1)c(-c1ccnc(C)n1)cn2-c1ccc(OC)cc1. The van der Waals surface area contributed by atoms with Crippen LogP contribution in [0.1, 0.15) is 5.82 Å². The van der Waals surface area contributed by atoms with E-state index in [9.17, 15) is 0 Å². The van der Waals surface area contributed by atoms with Gasteiger partial charge in [0.25, 0.3) is 0 Å². The molecule has 0 spiro atoms. The fourth-order valence-electron chi connectivity index (χ4n) is 3.05. The summed E-state index contributed by atoms with van der Waals surface area (Å²) in [7, 11) is 1.65. The first kappa shape index (κ1) is 15.9. The van der Waals surface area contributed by atoms with Crippen LogP contribution in [0.5, 0.6) is 5.75 Å². The molecule has 26 heavy (non-hydrogen) atoms. The number of ether oxygens (including phenoxy) is 1. The standard InChI is InChI=1S/C21H16N4O/c1-14-23-11-10-20(24-14)19-13-25(16-5-7-17(26-3)8-6-16)21-9-4-15(22-2)12-18(19)21/h4-13H,1,3H3. The zero-order chi connectivity index (χ0) is 18.1. The van der Waals surface area contributed by atoms with E-state index in [0.29, 0.717) is 11.5 Å². The van der Waals surface area contributed by atoms with Gasteiger partial charge < -0.3 is 9.30 Å². The van der Waals surface area contributed by atoms with Gasteiger partial charge in [0.2, 0.25) is 0 Å². The van der Waals surface area contributed by atoms with Crippen molar-refractivity contribution in [1.82, 2.24) is 14.5 Å². The predicted octanol–water partition coefficient (Wildman–Crippen LogP) is 4.96. The first-order valence-electron chi connectivity index (χ1n) is 8.16. The Kier molecular flexibility index (Phi) is 3.86. The second-order valence-electron chi connectivity index (χ2n) is 5.91. The van der Waals surface area contributed by atoms with Crippen molar-refractivity contribution in [2.45, 2.75) is 6.92 Å². The highest BCUT2D eigenvalue weighted by atomic mass is 16.5. The van der Waals surface area contributed by atoms with Crippen LogP contribution in [0.4, 0.5) is 5.69 Å². The van der Waals surface area contributed by atoms with E-state index in [4.69, 9.17) is 11.3 Å². The highest BCUT2D eigenvalue weighted by molar-refractivity contribution is 5.98. The Morgan fingerprint density at radius 1 is 1.08 bits per heavy atom. The Morgan fingerprint density at radius 3 is 2.58 bits per heavy atom. The molecule has 0 amide bonds. The zero-order valence-corrected chi connectivity index (χ0v) is 14.5. The van der Waals surface area contributed by atoms with E-state index >= 15 is 0 Å². The van der Waals surface area contributed by atoms with Crippen LogP contribution in [0.15, 0.2) is 60.9 Å². The first-order chi connectivity index (χ1) is 12.7. The minimum Gasteiger partial charge on any atom is -0.497 e. The number of aryl methyl sites for hydroxylation is 1. The van der Waals surface area contributed by atoms with E-state index in [0.717, 1.165) is 33.6 Å². The Balaban J connectivity index is 1.98. The number of benzene rings is 2. The van der Waals surface area contributed by atoms with Crippen LogP contribution in [-0.2, 0) is 0 Å². The zero-order valence-electron chi connectivity index (χ0n) is 14.5. The third kappa shape index (κ3) is 2.68. The molecule has 0 atom stereocenters. The van der Waals surface area contributed by atoms with Gasteiger partial charge in [-0.2, -0.15) is 0 Å². The van der Waals surface area contributed by atoms with Crippen LogP contribution in [0.3, 0.4) is 0 Å². The van der Waals surface area contributed by atoms with E-state index in [2.05, 4.69) is 25.6 Å². The molecule has 2 heterocycles. The molecule has 0 N–H and O–H groups in total. The number of nitrogens with zero attached hydrogens (tertiary/aromatic N) is 4. The lowest BCUT2D eigenvalue weighted by Gasteiger charge is -2.06. The van der Waals surface area contributed by atoms with Crippen molar-refractivity contribution in [3.05, 3.63) is 78.2 Å². The fraction of sp³-hybridized carbons (Fsp3) is 0.0952. The minimum atomic E-state index is 0.608. The van der Waals surface area contributed by atoms with E-state index in [1.54, 1.807) is 13.3 Å². The topological polar surface area (TPSA) is 44.3 Å². The van der Waals surface area contributed by atoms with Gasteiger partial charge >= 0.3 is 0 Å². The maximum atomic E-state index is 7.32. The van der Waals surface area contributed by atoms with E-state index in [1.807, 2.05) is 55.5 Å². The molecule has 0 unspecified atom stereocenters. The van der Waals surface area contributed by atoms with E-state index in [-0.39, 0.29) is 0 Å². The van der Waals surface area contributed by atoms with E-state index in [1.165, 1.54) is 0 Å². The summed E-state index contributed by atoms with van der Waals surface area (Å²) in [6.07, 6.45) is 3.81. The molecule has 0 aliphatic rings. The second-order valence-corrected chi connectivity index (χ2v) is 5.91. The number of aromatic nitrogens is 3. The van der Waals surface area contributed by atoms with Crippen LogP contribution < -0.4 is 4.74 Å². The Morgan fingerprint density at radius 2 is 1.88 bits per heavy atom. The van der Waals surface area contributed by atoms with Crippen LogP contribution >= 0.6 is 0 Å². The smallest absolute Gasteiger partial charge is 0.188 e. The normalized spacial score (nSPS) is 10.7. The molecule has 0 saturated heterocycles. The molecule has 2 aromatic carbocycles. The van der Waals surface area contributed by atoms with Crippen LogP contribution in [0.2, 0.25) is 0 Å². The minimum absolute atomic E-state index is 0.608. The number of methoxy groups -OCH3 is 1. The van der Waals surface area contributed by atoms with Crippen LogP contribution in [0.25, 0.3) is 32.7 Å². The summed E-state index contributed by atoms with van der Waals surface area (Å²) in [6, 6.07) is 15.5. The van der Waals surface area contributed by atoms with Gasteiger partial charge in [-0.05, 0) is 54.8 Å². The molecule has 126 valence electrons. The van der Waals surface area contributed by atoms with Crippen molar-refractivity contribution < 1.29 is 4.74 Å². The van der Waals surface area contributed by atoms with Crippen molar-refractivity contribution in [2.24, 2.45) is 0 Å². The Hall–Kier alpha value is -3.65. The second kappa shape index (κ2) is 6.34. The molecular formula is C21H16N4O. The van der Waals surface area contributed by atoms with Crippen molar-refractivity contribution in [3.8, 4) is 22.7 Å². The van der Waals surface area contributed by atoms with Gasteiger partial charge in [0.15, 0.2) is 5.69 Å². The summed E-state index contributed by atoms with van der Waals surface area (Å²) < 4.78 is 7.36. The maximum Gasteiger partial charge on any atom is 0.188 e. The van der Waals surface area contributed by atoms with Crippen molar-refractivity contribution >= 4 is 16.6 Å². The van der Waals surface area contributed by atoms with Gasteiger partial charge in [0.05, 0.1) is 24.9 Å². The van der Waals surface area contributed by atoms with E-state index < -0.39 is 0 Å². The third-order valence-electron chi connectivity index (χ3n) is 4.32. The molecule has 0 bridgehead atoms.